The molecule has 0 heterocycles. The molecule has 1 aromatic rings. The number of benzene rings is 1. The van der Waals surface area contributed by atoms with E-state index in [1.807, 2.05) is 0 Å². The molecule has 8 heteroatoms. The Bertz CT molecular complexity index is 634. The maximum absolute atomic E-state index is 11.9. The highest BCUT2D eigenvalue weighted by atomic mass is 35.5. The largest absolute Gasteiger partial charge is 0.361 e. The number of sulfonamides is 1. The Morgan fingerprint density at radius 1 is 1.44 bits per heavy atom. The fourth-order valence-electron chi connectivity index (χ4n) is 1.18. The number of carbonyl (C=O) groups is 1. The summed E-state index contributed by atoms with van der Waals surface area (Å²) >= 11 is 5.81. The third kappa shape index (κ3) is 2.83. The Balaban J connectivity index is 3.43. The number of rotatable bonds is 4. The Hall–Kier alpha value is -1.53. The third-order valence-corrected chi connectivity index (χ3v) is 4.45. The van der Waals surface area contributed by atoms with Crippen LogP contribution in [0.25, 0.3) is 5.53 Å². The highest BCUT2D eigenvalue weighted by molar-refractivity contribution is 7.89. The summed E-state index contributed by atoms with van der Waals surface area (Å²) in [5.41, 5.74) is 8.33. The summed E-state index contributed by atoms with van der Waals surface area (Å²) in [7, 11) is -1.02. The lowest BCUT2D eigenvalue weighted by Gasteiger charge is -2.12. The Morgan fingerprint density at radius 2 is 2.06 bits per heavy atom. The number of halogens is 1. The standard InChI is InChI=1S/C10H10ClN3O3S/c1-14(2)18(16,17)10-5-7(3-4-8(10)11)9(15)6-13-12/h3-6H,1-2H3. The van der Waals surface area contributed by atoms with Gasteiger partial charge in [0.25, 0.3) is 5.78 Å². The topological polar surface area (TPSA) is 90.9 Å². The van der Waals surface area contributed by atoms with Gasteiger partial charge in [0.1, 0.15) is 4.90 Å². The first-order chi connectivity index (χ1) is 8.30. The van der Waals surface area contributed by atoms with E-state index in [9.17, 15) is 13.2 Å². The quantitative estimate of drug-likeness (QED) is 0.359. The second-order valence-electron chi connectivity index (χ2n) is 3.54. The number of carbonyl (C=O) groups excluding carboxylic acids is 1. The van der Waals surface area contributed by atoms with Crippen molar-refractivity contribution in [3.8, 4) is 0 Å². The van der Waals surface area contributed by atoms with Crippen molar-refractivity contribution in [1.29, 1.82) is 0 Å². The Morgan fingerprint density at radius 3 is 2.56 bits per heavy atom. The van der Waals surface area contributed by atoms with Crippen molar-refractivity contribution >= 4 is 33.6 Å². The molecule has 0 aliphatic rings. The van der Waals surface area contributed by atoms with Crippen LogP contribution < -0.4 is 0 Å². The molecule has 0 spiro atoms. The van der Waals surface area contributed by atoms with E-state index >= 15 is 0 Å². The summed E-state index contributed by atoms with van der Waals surface area (Å²) in [5, 5.41) is 0.0150. The van der Waals surface area contributed by atoms with Crippen LogP contribution in [0.2, 0.25) is 5.02 Å². The number of nitrogens with zero attached hydrogens (tertiary/aromatic N) is 3. The lowest BCUT2D eigenvalue weighted by molar-refractivity contribution is 0.00234. The van der Waals surface area contributed by atoms with Crippen LogP contribution in [0.1, 0.15) is 10.4 Å². The van der Waals surface area contributed by atoms with Gasteiger partial charge in [-0.15, -0.1) is 0 Å². The minimum atomic E-state index is -3.74. The predicted octanol–water partition coefficient (Wildman–Crippen LogP) is 1.07. The third-order valence-electron chi connectivity index (χ3n) is 2.15. The van der Waals surface area contributed by atoms with Gasteiger partial charge in [0.15, 0.2) is 0 Å². The van der Waals surface area contributed by atoms with Gasteiger partial charge in [-0.1, -0.05) is 11.6 Å². The van der Waals surface area contributed by atoms with Gasteiger partial charge in [-0.3, -0.25) is 4.79 Å². The van der Waals surface area contributed by atoms with Gasteiger partial charge >= 0.3 is 6.21 Å². The number of ketones is 1. The Kier molecular flexibility index (Phi) is 4.37. The summed E-state index contributed by atoms with van der Waals surface area (Å²) in [5.74, 6) is -0.621. The lowest BCUT2D eigenvalue weighted by atomic mass is 10.1. The SMILES string of the molecule is CN(C)S(=O)(=O)c1cc(C(=O)C=[N+]=[N-])ccc1Cl. The molecule has 0 atom stereocenters. The fourth-order valence-corrected chi connectivity index (χ4v) is 2.57. The molecule has 6 nitrogen and oxygen atoms in total. The van der Waals surface area contributed by atoms with Gasteiger partial charge in [0.05, 0.1) is 5.02 Å². The van der Waals surface area contributed by atoms with Crippen LogP contribution in [0.4, 0.5) is 0 Å². The zero-order valence-corrected chi connectivity index (χ0v) is 11.2. The minimum Gasteiger partial charge on any atom is -0.361 e. The monoisotopic (exact) mass is 287 g/mol. The number of hydrogen-bond acceptors (Lipinski definition) is 3. The van der Waals surface area contributed by atoms with Crippen molar-refractivity contribution < 1.29 is 18.0 Å². The maximum atomic E-state index is 11.9. The molecule has 96 valence electrons. The molecule has 0 saturated carbocycles. The van der Waals surface area contributed by atoms with Crippen molar-refractivity contribution in [2.75, 3.05) is 14.1 Å². The van der Waals surface area contributed by atoms with Crippen molar-refractivity contribution in [3.05, 3.63) is 34.3 Å². The van der Waals surface area contributed by atoms with Crippen molar-refractivity contribution in [1.82, 2.24) is 4.31 Å². The lowest BCUT2D eigenvalue weighted by Crippen LogP contribution is -2.23. The van der Waals surface area contributed by atoms with Crippen molar-refractivity contribution in [2.24, 2.45) is 0 Å². The molecule has 0 saturated heterocycles. The molecule has 1 aromatic carbocycles. The van der Waals surface area contributed by atoms with Gasteiger partial charge in [-0.05, 0) is 18.2 Å². The summed E-state index contributed by atoms with van der Waals surface area (Å²) in [6, 6.07) is 3.79. The van der Waals surface area contributed by atoms with Gasteiger partial charge in [-0.25, -0.2) is 12.7 Å². The second kappa shape index (κ2) is 5.41. The molecular weight excluding hydrogens is 278 g/mol. The normalized spacial score (nSPS) is 11.1. The molecule has 0 bridgehead atoms. The average molecular weight is 288 g/mol. The van der Waals surface area contributed by atoms with E-state index in [2.05, 4.69) is 4.79 Å². The van der Waals surface area contributed by atoms with Crippen LogP contribution in [0, 0.1) is 0 Å². The molecule has 18 heavy (non-hydrogen) atoms. The summed E-state index contributed by atoms with van der Waals surface area (Å²) in [4.78, 5) is 13.9. The number of Topliss-reactive ketones (excluding diaryl/α,β-unsaturated/α-hetero) is 1. The van der Waals surface area contributed by atoms with E-state index in [1.54, 1.807) is 0 Å². The van der Waals surface area contributed by atoms with Gasteiger partial charge in [-0.2, -0.15) is 4.79 Å². The first-order valence-electron chi connectivity index (χ1n) is 4.74. The number of hydrogen-bond donors (Lipinski definition) is 0. The first kappa shape index (κ1) is 14.5. The van der Waals surface area contributed by atoms with E-state index in [0.29, 0.717) is 6.21 Å². The smallest absolute Gasteiger partial charge is 0.328 e. The predicted molar refractivity (Wildman–Crippen MR) is 66.3 cm³/mol. The molecule has 0 unspecified atom stereocenters. The summed E-state index contributed by atoms with van der Waals surface area (Å²) < 4.78 is 24.9. The highest BCUT2D eigenvalue weighted by Gasteiger charge is 2.22. The zero-order chi connectivity index (χ0) is 13.9. The van der Waals surface area contributed by atoms with Crippen LogP contribution in [0.3, 0.4) is 0 Å². The maximum Gasteiger partial charge on any atom is 0.328 e. The van der Waals surface area contributed by atoms with E-state index < -0.39 is 15.8 Å². The molecular formula is C10H10ClN3O3S. The van der Waals surface area contributed by atoms with Crippen LogP contribution in [-0.2, 0) is 10.0 Å². The van der Waals surface area contributed by atoms with Crippen molar-refractivity contribution in [2.45, 2.75) is 4.90 Å². The van der Waals surface area contributed by atoms with E-state index in [1.165, 1.54) is 26.2 Å². The molecule has 0 fully saturated rings. The van der Waals surface area contributed by atoms with Crippen LogP contribution in [0.5, 0.6) is 0 Å². The van der Waals surface area contributed by atoms with Gasteiger partial charge in [0.2, 0.25) is 10.0 Å². The molecule has 0 aromatic heterocycles. The molecule has 0 aliphatic heterocycles. The Labute approximate surface area is 109 Å². The summed E-state index contributed by atoms with van der Waals surface area (Å²) in [6.07, 6.45) is 0.676. The van der Waals surface area contributed by atoms with E-state index in [-0.39, 0.29) is 15.5 Å². The second-order valence-corrected chi connectivity index (χ2v) is 6.07. The van der Waals surface area contributed by atoms with Crippen LogP contribution in [-0.4, -0.2) is 43.6 Å². The highest BCUT2D eigenvalue weighted by Crippen LogP contribution is 2.24. The molecule has 0 amide bonds. The first-order valence-corrected chi connectivity index (χ1v) is 6.56. The van der Waals surface area contributed by atoms with Crippen LogP contribution >= 0.6 is 11.6 Å². The molecule has 1 rings (SSSR count). The van der Waals surface area contributed by atoms with E-state index in [4.69, 9.17) is 17.1 Å². The average Bonchev–Trinajstić information content (AvgIpc) is 2.29. The van der Waals surface area contributed by atoms with Crippen LogP contribution in [0.15, 0.2) is 23.1 Å². The molecule has 0 aliphatic carbocycles. The molecule has 0 radical (unpaired) electrons. The van der Waals surface area contributed by atoms with Gasteiger partial charge < -0.3 is 5.53 Å². The van der Waals surface area contributed by atoms with Gasteiger partial charge in [0, 0.05) is 19.7 Å². The van der Waals surface area contributed by atoms with Crippen molar-refractivity contribution in [3.63, 3.8) is 0 Å². The van der Waals surface area contributed by atoms with E-state index in [0.717, 1.165) is 10.4 Å². The fraction of sp³-hybridized carbons (Fsp3) is 0.200. The minimum absolute atomic E-state index is 0.0150. The summed E-state index contributed by atoms with van der Waals surface area (Å²) in [6.45, 7) is 0. The molecule has 0 N–H and O–H groups in total. The zero-order valence-electron chi connectivity index (χ0n) is 9.66.